The van der Waals surface area contributed by atoms with Crippen molar-refractivity contribution in [1.29, 1.82) is 0 Å². The smallest absolute Gasteiger partial charge is 0.266 e. The van der Waals surface area contributed by atoms with Crippen molar-refractivity contribution >= 4 is 34.6 Å². The van der Waals surface area contributed by atoms with Gasteiger partial charge in [-0.25, -0.2) is 4.99 Å². The van der Waals surface area contributed by atoms with E-state index < -0.39 is 0 Å². The van der Waals surface area contributed by atoms with Crippen LogP contribution in [0.1, 0.15) is 18.9 Å². The Kier molecular flexibility index (Phi) is 5.63. The highest BCUT2D eigenvalue weighted by Gasteiger charge is 2.32. The zero-order valence-corrected chi connectivity index (χ0v) is 15.5. The molecule has 5 nitrogen and oxygen atoms in total. The largest absolute Gasteiger partial charge is 0.508 e. The molecular formula is C20H20N2O3S. The van der Waals surface area contributed by atoms with Gasteiger partial charge in [0.1, 0.15) is 11.5 Å². The highest BCUT2D eigenvalue weighted by atomic mass is 32.2. The van der Waals surface area contributed by atoms with Crippen molar-refractivity contribution in [3.63, 3.8) is 0 Å². The van der Waals surface area contributed by atoms with Crippen LogP contribution in [0, 0.1) is 0 Å². The number of aromatic hydroxyl groups is 1. The number of carbonyl (C=O) groups excluding carboxylic acids is 1. The van der Waals surface area contributed by atoms with Crippen LogP contribution in [0.4, 0.5) is 5.69 Å². The zero-order valence-electron chi connectivity index (χ0n) is 14.7. The van der Waals surface area contributed by atoms with Crippen molar-refractivity contribution in [2.75, 3.05) is 13.7 Å². The van der Waals surface area contributed by atoms with Crippen LogP contribution in [-0.2, 0) is 4.79 Å². The Labute approximate surface area is 157 Å². The minimum Gasteiger partial charge on any atom is -0.508 e. The zero-order chi connectivity index (χ0) is 18.5. The fourth-order valence-corrected chi connectivity index (χ4v) is 3.53. The first-order chi connectivity index (χ1) is 12.6. The number of amides is 1. The molecule has 0 aliphatic carbocycles. The fourth-order valence-electron chi connectivity index (χ4n) is 2.50. The molecule has 1 N–H and O–H groups in total. The quantitative estimate of drug-likeness (QED) is 0.794. The molecule has 0 saturated carbocycles. The SMILES string of the molecule is CCCN1C(=O)/C(=C\c2ccc(O)cc2)SC1=Nc1ccc(OC)cc1. The third kappa shape index (κ3) is 4.08. The van der Waals surface area contributed by atoms with E-state index in [2.05, 4.69) is 4.99 Å². The summed E-state index contributed by atoms with van der Waals surface area (Å²) in [6.07, 6.45) is 2.67. The summed E-state index contributed by atoms with van der Waals surface area (Å²) in [5.74, 6) is 0.923. The lowest BCUT2D eigenvalue weighted by atomic mass is 10.2. The number of hydrogen-bond acceptors (Lipinski definition) is 5. The maximum Gasteiger partial charge on any atom is 0.266 e. The second kappa shape index (κ2) is 8.10. The number of thioether (sulfide) groups is 1. The molecule has 1 fully saturated rings. The van der Waals surface area contributed by atoms with Gasteiger partial charge in [0, 0.05) is 6.54 Å². The summed E-state index contributed by atoms with van der Waals surface area (Å²) in [5.41, 5.74) is 1.63. The number of benzene rings is 2. The van der Waals surface area contributed by atoms with E-state index in [1.165, 1.54) is 11.8 Å². The van der Waals surface area contributed by atoms with Gasteiger partial charge in [0.2, 0.25) is 0 Å². The van der Waals surface area contributed by atoms with Gasteiger partial charge in [-0.15, -0.1) is 0 Å². The third-order valence-corrected chi connectivity index (χ3v) is 4.83. The summed E-state index contributed by atoms with van der Waals surface area (Å²) < 4.78 is 5.16. The Bertz CT molecular complexity index is 842. The van der Waals surface area contributed by atoms with Crippen molar-refractivity contribution in [2.24, 2.45) is 4.99 Å². The molecular weight excluding hydrogens is 348 g/mol. The molecule has 6 heteroatoms. The maximum atomic E-state index is 12.8. The van der Waals surface area contributed by atoms with E-state index in [-0.39, 0.29) is 11.7 Å². The average Bonchev–Trinajstić information content (AvgIpc) is 2.93. The minimum absolute atomic E-state index is 0.0443. The van der Waals surface area contributed by atoms with Crippen LogP contribution in [0.25, 0.3) is 6.08 Å². The molecule has 1 saturated heterocycles. The van der Waals surface area contributed by atoms with Crippen LogP contribution >= 0.6 is 11.8 Å². The third-order valence-electron chi connectivity index (χ3n) is 3.82. The number of ether oxygens (including phenoxy) is 1. The number of hydrogen-bond donors (Lipinski definition) is 1. The van der Waals surface area contributed by atoms with Crippen LogP contribution in [0.3, 0.4) is 0 Å². The number of phenolic OH excluding ortho intramolecular Hbond substituents is 1. The molecule has 134 valence electrons. The number of methoxy groups -OCH3 is 1. The first kappa shape index (κ1) is 18.1. The average molecular weight is 368 g/mol. The molecule has 1 aliphatic rings. The second-order valence-corrected chi connectivity index (χ2v) is 6.76. The number of nitrogens with zero attached hydrogens (tertiary/aromatic N) is 2. The molecule has 0 atom stereocenters. The van der Waals surface area contributed by atoms with Crippen molar-refractivity contribution in [1.82, 2.24) is 4.90 Å². The van der Waals surface area contributed by atoms with E-state index in [0.29, 0.717) is 16.6 Å². The highest BCUT2D eigenvalue weighted by molar-refractivity contribution is 8.18. The van der Waals surface area contributed by atoms with Crippen LogP contribution in [-0.4, -0.2) is 34.7 Å². The first-order valence-corrected chi connectivity index (χ1v) is 9.15. The van der Waals surface area contributed by atoms with Gasteiger partial charge in [0.25, 0.3) is 5.91 Å². The molecule has 0 unspecified atom stereocenters. The molecule has 1 amide bonds. The number of aliphatic imine (C=N–C) groups is 1. The molecule has 26 heavy (non-hydrogen) atoms. The van der Waals surface area contributed by atoms with Gasteiger partial charge in [-0.3, -0.25) is 9.69 Å². The Morgan fingerprint density at radius 3 is 2.46 bits per heavy atom. The van der Waals surface area contributed by atoms with E-state index >= 15 is 0 Å². The predicted molar refractivity (Wildman–Crippen MR) is 106 cm³/mol. The second-order valence-electron chi connectivity index (χ2n) is 5.75. The van der Waals surface area contributed by atoms with E-state index in [1.54, 1.807) is 36.3 Å². The molecule has 2 aromatic carbocycles. The van der Waals surface area contributed by atoms with Crippen LogP contribution in [0.2, 0.25) is 0 Å². The molecule has 0 radical (unpaired) electrons. The maximum absolute atomic E-state index is 12.8. The Morgan fingerprint density at radius 2 is 1.85 bits per heavy atom. The van der Waals surface area contributed by atoms with Gasteiger partial charge in [0.15, 0.2) is 5.17 Å². The summed E-state index contributed by atoms with van der Waals surface area (Å²) >= 11 is 1.36. The van der Waals surface area contributed by atoms with Crippen molar-refractivity contribution < 1.29 is 14.6 Å². The van der Waals surface area contributed by atoms with E-state index in [4.69, 9.17) is 4.74 Å². The van der Waals surface area contributed by atoms with Crippen LogP contribution in [0.5, 0.6) is 11.5 Å². The molecule has 3 rings (SSSR count). The van der Waals surface area contributed by atoms with Gasteiger partial charge < -0.3 is 9.84 Å². The van der Waals surface area contributed by atoms with Crippen molar-refractivity contribution in [2.45, 2.75) is 13.3 Å². The molecule has 0 aromatic heterocycles. The van der Waals surface area contributed by atoms with Gasteiger partial charge >= 0.3 is 0 Å². The number of amidine groups is 1. The highest BCUT2D eigenvalue weighted by Crippen LogP contribution is 2.34. The monoisotopic (exact) mass is 368 g/mol. The predicted octanol–water partition coefficient (Wildman–Crippen LogP) is 4.41. The summed E-state index contributed by atoms with van der Waals surface area (Å²) in [7, 11) is 1.62. The van der Waals surface area contributed by atoms with E-state index in [1.807, 2.05) is 37.3 Å². The lowest BCUT2D eigenvalue weighted by Gasteiger charge is -2.14. The van der Waals surface area contributed by atoms with Gasteiger partial charge in [0.05, 0.1) is 17.7 Å². The molecule has 2 aromatic rings. The normalized spacial score (nSPS) is 17.3. The lowest BCUT2D eigenvalue weighted by Crippen LogP contribution is -2.29. The Hall–Kier alpha value is -2.73. The molecule has 1 aliphatic heterocycles. The summed E-state index contributed by atoms with van der Waals surface area (Å²) in [6, 6.07) is 14.2. The lowest BCUT2D eigenvalue weighted by molar-refractivity contribution is -0.122. The standard InChI is InChI=1S/C20H20N2O3S/c1-3-12-22-19(24)18(13-14-4-8-16(23)9-5-14)26-20(22)21-15-6-10-17(25-2)11-7-15/h4-11,13,23H,3,12H2,1-2H3/b18-13+,21-20?. The van der Waals surface area contributed by atoms with Crippen LogP contribution in [0.15, 0.2) is 58.4 Å². The topological polar surface area (TPSA) is 62.1 Å². The first-order valence-electron chi connectivity index (χ1n) is 8.34. The molecule has 0 spiro atoms. The van der Waals surface area contributed by atoms with Crippen molar-refractivity contribution in [3.8, 4) is 11.5 Å². The fraction of sp³-hybridized carbons (Fsp3) is 0.200. The molecule has 0 bridgehead atoms. The summed E-state index contributed by atoms with van der Waals surface area (Å²) in [6.45, 7) is 2.65. The van der Waals surface area contributed by atoms with E-state index in [9.17, 15) is 9.90 Å². The Morgan fingerprint density at radius 1 is 1.15 bits per heavy atom. The van der Waals surface area contributed by atoms with Gasteiger partial charge in [-0.05, 0) is 66.2 Å². The number of carbonyl (C=O) groups is 1. The number of rotatable bonds is 5. The van der Waals surface area contributed by atoms with Crippen molar-refractivity contribution in [3.05, 3.63) is 59.0 Å². The minimum atomic E-state index is -0.0443. The van der Waals surface area contributed by atoms with Gasteiger partial charge in [-0.1, -0.05) is 19.1 Å². The summed E-state index contributed by atoms with van der Waals surface area (Å²) in [4.78, 5) is 19.7. The molecule has 1 heterocycles. The van der Waals surface area contributed by atoms with Crippen LogP contribution < -0.4 is 4.74 Å². The Balaban J connectivity index is 1.90. The van der Waals surface area contributed by atoms with Gasteiger partial charge in [-0.2, -0.15) is 0 Å². The summed E-state index contributed by atoms with van der Waals surface area (Å²) in [5, 5.41) is 10.1. The van der Waals surface area contributed by atoms with E-state index in [0.717, 1.165) is 23.4 Å². The number of phenols is 1.